The lowest BCUT2D eigenvalue weighted by atomic mass is 9.74. The Bertz CT molecular complexity index is 1040. The van der Waals surface area contributed by atoms with Crippen molar-refractivity contribution in [2.45, 2.75) is 37.0 Å². The van der Waals surface area contributed by atoms with Crippen LogP contribution in [0.5, 0.6) is 0 Å². The summed E-state index contributed by atoms with van der Waals surface area (Å²) in [4.78, 5) is 15.3. The first-order valence-electron chi connectivity index (χ1n) is 9.49. The summed E-state index contributed by atoms with van der Waals surface area (Å²) in [5, 5.41) is 0.546. The Morgan fingerprint density at radius 1 is 1.11 bits per heavy atom. The molecule has 0 unspecified atom stereocenters. The van der Waals surface area contributed by atoms with Crippen molar-refractivity contribution < 1.29 is 13.2 Å². The van der Waals surface area contributed by atoms with Gasteiger partial charge < -0.3 is 4.90 Å². The third-order valence-electron chi connectivity index (χ3n) is 6.02. The second kappa shape index (κ2) is 6.87. The number of hydrogen-bond donors (Lipinski definition) is 0. The lowest BCUT2D eigenvalue weighted by Crippen LogP contribution is -2.50. The van der Waals surface area contributed by atoms with Gasteiger partial charge in [-0.25, -0.2) is 8.42 Å². The van der Waals surface area contributed by atoms with Crippen LogP contribution in [0.1, 0.15) is 30.9 Å². The van der Waals surface area contributed by atoms with E-state index in [9.17, 15) is 13.2 Å². The zero-order valence-corrected chi connectivity index (χ0v) is 17.6. The fourth-order valence-electron chi connectivity index (χ4n) is 4.43. The summed E-state index contributed by atoms with van der Waals surface area (Å²) < 4.78 is 27.7. The van der Waals surface area contributed by atoms with Gasteiger partial charge in [-0.15, -0.1) is 0 Å². The predicted octanol–water partition coefficient (Wildman–Crippen LogP) is 3.74. The van der Waals surface area contributed by atoms with Gasteiger partial charge in [0.1, 0.15) is 0 Å². The molecule has 2 aromatic carbocycles. The van der Waals surface area contributed by atoms with Crippen LogP contribution in [0.25, 0.3) is 0 Å². The molecule has 1 amide bonds. The summed E-state index contributed by atoms with van der Waals surface area (Å²) in [5.74, 6) is 0.0931. The van der Waals surface area contributed by atoms with E-state index in [0.717, 1.165) is 16.8 Å². The fourth-order valence-corrected chi connectivity index (χ4v) is 6.07. The van der Waals surface area contributed by atoms with Gasteiger partial charge in [-0.3, -0.25) is 4.79 Å². The van der Waals surface area contributed by atoms with Gasteiger partial charge in [-0.1, -0.05) is 29.8 Å². The van der Waals surface area contributed by atoms with Crippen LogP contribution in [0, 0.1) is 6.92 Å². The molecule has 2 aromatic rings. The number of carbonyl (C=O) groups is 1. The van der Waals surface area contributed by atoms with Crippen molar-refractivity contribution in [3.8, 4) is 0 Å². The third kappa shape index (κ3) is 2.78. The van der Waals surface area contributed by atoms with E-state index in [1.807, 2.05) is 36.1 Å². The van der Waals surface area contributed by atoms with Gasteiger partial charge in [-0.2, -0.15) is 4.31 Å². The van der Waals surface area contributed by atoms with Crippen molar-refractivity contribution in [2.75, 3.05) is 24.5 Å². The van der Waals surface area contributed by atoms with E-state index in [1.165, 1.54) is 4.31 Å². The van der Waals surface area contributed by atoms with Crippen LogP contribution in [0.3, 0.4) is 0 Å². The van der Waals surface area contributed by atoms with Crippen molar-refractivity contribution in [1.29, 1.82) is 0 Å². The lowest BCUT2D eigenvalue weighted by Gasteiger charge is -2.37. The Hall–Kier alpha value is -1.89. The maximum atomic E-state index is 13.2. The maximum absolute atomic E-state index is 13.2. The molecule has 2 aliphatic heterocycles. The number of amides is 1. The molecule has 2 heterocycles. The zero-order chi connectivity index (χ0) is 20.1. The minimum Gasteiger partial charge on any atom is -0.312 e. The van der Waals surface area contributed by atoms with Crippen molar-refractivity contribution in [2.24, 2.45) is 0 Å². The van der Waals surface area contributed by atoms with E-state index in [-0.39, 0.29) is 10.8 Å². The van der Waals surface area contributed by atoms with Crippen LogP contribution in [-0.2, 0) is 20.2 Å². The lowest BCUT2D eigenvalue weighted by molar-refractivity contribution is -0.124. The Labute approximate surface area is 171 Å². The SMILES string of the molecule is CCN1C(=O)C2(CCN(S(=O)(=O)c3ccc(Cl)c(C)c3)CC2)c2ccccc21. The number of fused-ring (bicyclic) bond motifs is 2. The van der Waals surface area contributed by atoms with Crippen LogP contribution >= 0.6 is 11.6 Å². The highest BCUT2D eigenvalue weighted by Crippen LogP contribution is 2.48. The van der Waals surface area contributed by atoms with Gasteiger partial charge in [0.2, 0.25) is 15.9 Å². The molecule has 0 N–H and O–H groups in total. The van der Waals surface area contributed by atoms with E-state index in [0.29, 0.717) is 37.5 Å². The summed E-state index contributed by atoms with van der Waals surface area (Å²) in [6, 6.07) is 12.6. The van der Waals surface area contributed by atoms with Crippen LogP contribution in [0.2, 0.25) is 5.02 Å². The fraction of sp³-hybridized carbons (Fsp3) is 0.381. The summed E-state index contributed by atoms with van der Waals surface area (Å²) in [5.41, 5.74) is 2.10. The highest BCUT2D eigenvalue weighted by molar-refractivity contribution is 7.89. The molecule has 1 fully saturated rings. The molecule has 0 radical (unpaired) electrons. The van der Waals surface area contributed by atoms with Gasteiger partial charge in [-0.05, 0) is 62.1 Å². The number of carbonyl (C=O) groups excluding carboxylic acids is 1. The van der Waals surface area contributed by atoms with E-state index in [1.54, 1.807) is 25.1 Å². The van der Waals surface area contributed by atoms with Crippen molar-refractivity contribution in [3.63, 3.8) is 0 Å². The van der Waals surface area contributed by atoms with E-state index < -0.39 is 15.4 Å². The first kappa shape index (κ1) is 19.4. The molecule has 0 saturated carbocycles. The Morgan fingerprint density at radius 3 is 2.43 bits per heavy atom. The first-order chi connectivity index (χ1) is 13.3. The van der Waals surface area contributed by atoms with E-state index in [4.69, 9.17) is 11.6 Å². The molecule has 2 aliphatic rings. The minimum atomic E-state index is -3.61. The topological polar surface area (TPSA) is 57.7 Å². The van der Waals surface area contributed by atoms with Crippen molar-refractivity contribution >= 4 is 33.2 Å². The van der Waals surface area contributed by atoms with E-state index in [2.05, 4.69) is 0 Å². The van der Waals surface area contributed by atoms with Crippen molar-refractivity contribution in [1.82, 2.24) is 4.31 Å². The number of likely N-dealkylation sites (N-methyl/N-ethyl adjacent to an activating group) is 1. The molecule has 5 nitrogen and oxygen atoms in total. The average molecular weight is 419 g/mol. The Morgan fingerprint density at radius 2 is 1.79 bits per heavy atom. The summed E-state index contributed by atoms with van der Waals surface area (Å²) >= 11 is 6.04. The van der Waals surface area contributed by atoms with Gasteiger partial charge in [0.15, 0.2) is 0 Å². The highest BCUT2D eigenvalue weighted by atomic mass is 35.5. The van der Waals surface area contributed by atoms with Crippen LogP contribution < -0.4 is 4.90 Å². The molecule has 1 spiro atoms. The van der Waals surface area contributed by atoms with Gasteiger partial charge in [0.05, 0.1) is 10.3 Å². The largest absolute Gasteiger partial charge is 0.312 e. The molecular weight excluding hydrogens is 396 g/mol. The number of aryl methyl sites for hydroxylation is 1. The zero-order valence-electron chi connectivity index (χ0n) is 16.0. The molecule has 7 heteroatoms. The normalized spacial score (nSPS) is 19.2. The molecule has 0 bridgehead atoms. The first-order valence-corrected chi connectivity index (χ1v) is 11.3. The predicted molar refractivity (Wildman–Crippen MR) is 110 cm³/mol. The van der Waals surface area contributed by atoms with Crippen molar-refractivity contribution in [3.05, 3.63) is 58.6 Å². The molecule has 4 rings (SSSR count). The number of nitrogens with zero attached hydrogens (tertiary/aromatic N) is 2. The number of piperidine rings is 1. The number of rotatable bonds is 3. The highest BCUT2D eigenvalue weighted by Gasteiger charge is 2.52. The van der Waals surface area contributed by atoms with Gasteiger partial charge >= 0.3 is 0 Å². The second-order valence-corrected chi connectivity index (χ2v) is 9.81. The average Bonchev–Trinajstić information content (AvgIpc) is 2.92. The third-order valence-corrected chi connectivity index (χ3v) is 8.34. The molecule has 28 heavy (non-hydrogen) atoms. The smallest absolute Gasteiger partial charge is 0.243 e. The number of benzene rings is 2. The number of hydrogen-bond acceptors (Lipinski definition) is 3. The Balaban J connectivity index is 1.63. The number of anilines is 1. The maximum Gasteiger partial charge on any atom is 0.243 e. The monoisotopic (exact) mass is 418 g/mol. The van der Waals surface area contributed by atoms with Crippen LogP contribution in [0.15, 0.2) is 47.4 Å². The molecule has 1 saturated heterocycles. The second-order valence-electron chi connectivity index (χ2n) is 7.46. The molecule has 148 valence electrons. The molecule has 0 aromatic heterocycles. The summed E-state index contributed by atoms with van der Waals surface area (Å²) in [6.07, 6.45) is 0.982. The number of para-hydroxylation sites is 1. The number of halogens is 1. The van der Waals surface area contributed by atoms with Crippen LogP contribution in [0.4, 0.5) is 5.69 Å². The molecule has 0 atom stereocenters. The molecule has 0 aliphatic carbocycles. The van der Waals surface area contributed by atoms with Crippen LogP contribution in [-0.4, -0.2) is 38.3 Å². The van der Waals surface area contributed by atoms with Gasteiger partial charge in [0, 0.05) is 30.3 Å². The van der Waals surface area contributed by atoms with E-state index >= 15 is 0 Å². The minimum absolute atomic E-state index is 0.0931. The Kier molecular flexibility index (Phi) is 4.76. The quantitative estimate of drug-likeness (QED) is 0.762. The standard InChI is InChI=1S/C21H23ClN2O3S/c1-3-24-19-7-5-4-6-17(19)21(20(24)25)10-12-23(13-11-21)28(26,27)16-8-9-18(22)15(2)14-16/h4-9,14H,3,10-13H2,1-2H3. The summed E-state index contributed by atoms with van der Waals surface area (Å²) in [7, 11) is -3.61. The molecular formula is C21H23ClN2O3S. The number of sulfonamides is 1. The summed E-state index contributed by atoms with van der Waals surface area (Å²) in [6.45, 7) is 5.02. The van der Waals surface area contributed by atoms with Gasteiger partial charge in [0.25, 0.3) is 0 Å².